The molecule has 0 saturated carbocycles. The van der Waals surface area contributed by atoms with Crippen molar-refractivity contribution in [3.63, 3.8) is 0 Å². The molecule has 2 aromatic carbocycles. The van der Waals surface area contributed by atoms with E-state index in [1.807, 2.05) is 45.0 Å². The third-order valence-corrected chi connectivity index (χ3v) is 6.44. The van der Waals surface area contributed by atoms with Gasteiger partial charge in [-0.15, -0.1) is 0 Å². The Labute approximate surface area is 196 Å². The zero-order valence-corrected chi connectivity index (χ0v) is 19.9. The smallest absolute Gasteiger partial charge is 0.277 e. The molecule has 170 valence electrons. The maximum atomic E-state index is 13.1. The number of carbonyl (C=O) groups is 1. The molecule has 0 aliphatic carbocycles. The van der Waals surface area contributed by atoms with Gasteiger partial charge in [-0.25, -0.2) is 4.98 Å². The molecule has 4 aromatic rings. The molecule has 0 saturated heterocycles. The second kappa shape index (κ2) is 9.46. The van der Waals surface area contributed by atoms with Gasteiger partial charge in [0.2, 0.25) is 5.13 Å². The van der Waals surface area contributed by atoms with Crippen LogP contribution in [0.4, 0.5) is 5.69 Å². The van der Waals surface area contributed by atoms with E-state index < -0.39 is 0 Å². The number of aryl methyl sites for hydroxylation is 3. The molecule has 2 N–H and O–H groups in total. The molecule has 0 fully saturated rings. The van der Waals surface area contributed by atoms with E-state index in [1.165, 1.54) is 21.6 Å². The lowest BCUT2D eigenvalue weighted by Crippen LogP contribution is -2.17. The zero-order valence-electron chi connectivity index (χ0n) is 19.1. The van der Waals surface area contributed by atoms with E-state index in [0.717, 1.165) is 17.0 Å². The molecule has 2 heterocycles. The van der Waals surface area contributed by atoms with Crippen molar-refractivity contribution in [2.45, 2.75) is 34.1 Å². The van der Waals surface area contributed by atoms with Crippen molar-refractivity contribution in [3.8, 4) is 10.9 Å². The van der Waals surface area contributed by atoms with E-state index in [0.29, 0.717) is 40.0 Å². The van der Waals surface area contributed by atoms with Crippen molar-refractivity contribution in [1.82, 2.24) is 14.8 Å². The van der Waals surface area contributed by atoms with Crippen molar-refractivity contribution in [1.29, 1.82) is 0 Å². The second-order valence-electron chi connectivity index (χ2n) is 7.84. The number of nitrogens with zero attached hydrogens (tertiary/aromatic N) is 2. The molecule has 0 radical (unpaired) electrons. The summed E-state index contributed by atoms with van der Waals surface area (Å²) in [6.45, 7) is 8.18. The molecule has 0 aliphatic rings. The van der Waals surface area contributed by atoms with Crippen LogP contribution in [0, 0.1) is 20.8 Å². The number of rotatable bonds is 7. The van der Waals surface area contributed by atoms with E-state index in [2.05, 4.69) is 15.4 Å². The lowest BCUT2D eigenvalue weighted by molar-refractivity contribution is 0.103. The number of thiazole rings is 1. The highest BCUT2D eigenvalue weighted by Gasteiger charge is 2.20. The Kier molecular flexibility index (Phi) is 6.46. The van der Waals surface area contributed by atoms with Crippen LogP contribution in [0.5, 0.6) is 5.75 Å². The molecule has 33 heavy (non-hydrogen) atoms. The number of aromatic nitrogens is 3. The molecular weight excluding hydrogens is 436 g/mol. The number of ether oxygens (including phenoxy) is 1. The van der Waals surface area contributed by atoms with Crippen LogP contribution in [0.1, 0.15) is 44.7 Å². The largest absolute Gasteiger partial charge is 0.494 e. The Morgan fingerprint density at radius 1 is 1.09 bits per heavy atom. The normalized spacial score (nSPS) is 10.9. The molecule has 1 amide bonds. The van der Waals surface area contributed by atoms with Gasteiger partial charge in [-0.1, -0.05) is 41.2 Å². The highest BCUT2D eigenvalue weighted by atomic mass is 32.1. The first kappa shape index (κ1) is 22.5. The highest BCUT2D eigenvalue weighted by Crippen LogP contribution is 2.23. The minimum absolute atomic E-state index is 0.153. The quantitative estimate of drug-likeness (QED) is 0.413. The van der Waals surface area contributed by atoms with Crippen LogP contribution in [0.3, 0.4) is 0 Å². The predicted octanol–water partition coefficient (Wildman–Crippen LogP) is 4.79. The van der Waals surface area contributed by atoms with Crippen molar-refractivity contribution in [2.24, 2.45) is 0 Å². The number of benzene rings is 2. The summed E-state index contributed by atoms with van der Waals surface area (Å²) in [7, 11) is 0. The van der Waals surface area contributed by atoms with E-state index in [1.54, 1.807) is 31.2 Å². The summed E-state index contributed by atoms with van der Waals surface area (Å²) in [5.41, 5.74) is 4.79. The van der Waals surface area contributed by atoms with Crippen LogP contribution < -0.4 is 15.6 Å². The predicted molar refractivity (Wildman–Crippen MR) is 131 cm³/mol. The Bertz CT molecular complexity index is 1330. The van der Waals surface area contributed by atoms with Crippen LogP contribution >= 0.6 is 11.3 Å². The fraction of sp³-hybridized carbons (Fsp3) is 0.240. The molecule has 8 heteroatoms. The Morgan fingerprint density at radius 3 is 2.45 bits per heavy atom. The molecular formula is C25H26N4O3S. The van der Waals surface area contributed by atoms with Gasteiger partial charge in [0.25, 0.3) is 11.5 Å². The van der Waals surface area contributed by atoms with Gasteiger partial charge < -0.3 is 10.1 Å². The summed E-state index contributed by atoms with van der Waals surface area (Å²) in [5.74, 6) is 0.478. The van der Waals surface area contributed by atoms with Gasteiger partial charge in [-0.2, -0.15) is 4.68 Å². The van der Waals surface area contributed by atoms with Gasteiger partial charge in [-0.3, -0.25) is 14.7 Å². The second-order valence-corrected chi connectivity index (χ2v) is 8.82. The first-order valence-corrected chi connectivity index (χ1v) is 11.6. The summed E-state index contributed by atoms with van der Waals surface area (Å²) in [5, 5.41) is 6.43. The minimum atomic E-state index is -0.267. The van der Waals surface area contributed by atoms with Gasteiger partial charge in [0.05, 0.1) is 12.3 Å². The number of carbonyl (C=O) groups excluding carboxylic acids is 1. The molecule has 7 nitrogen and oxygen atoms in total. The third kappa shape index (κ3) is 4.90. The van der Waals surface area contributed by atoms with Crippen molar-refractivity contribution in [3.05, 3.63) is 91.8 Å². The summed E-state index contributed by atoms with van der Waals surface area (Å²) in [6, 6.07) is 15.3. The molecule has 0 atom stereocenters. The van der Waals surface area contributed by atoms with Crippen LogP contribution in [-0.2, 0) is 6.42 Å². The first-order valence-electron chi connectivity index (χ1n) is 10.7. The highest BCUT2D eigenvalue weighted by molar-refractivity contribution is 7.16. The number of aromatic amines is 1. The lowest BCUT2D eigenvalue weighted by Gasteiger charge is -2.06. The van der Waals surface area contributed by atoms with Gasteiger partial charge in [0, 0.05) is 23.4 Å². The minimum Gasteiger partial charge on any atom is -0.494 e. The topological polar surface area (TPSA) is 89.0 Å². The number of H-pyrrole nitrogens is 1. The monoisotopic (exact) mass is 462 g/mol. The van der Waals surface area contributed by atoms with Crippen molar-refractivity contribution in [2.75, 3.05) is 11.9 Å². The van der Waals surface area contributed by atoms with Gasteiger partial charge in [0.1, 0.15) is 10.6 Å². The maximum absolute atomic E-state index is 13.1. The first-order chi connectivity index (χ1) is 15.9. The Balaban J connectivity index is 1.56. The Morgan fingerprint density at radius 2 is 1.79 bits per heavy atom. The standard InChI is InChI=1S/C25H26N4O3S/c1-5-32-20-12-10-19(11-13-20)27-23(30)22-17(4)26-25(33-22)29-24(31)21(16(3)28-29)14-18-8-6-15(2)7-9-18/h6-13,28H,5,14H2,1-4H3,(H,27,30). The number of anilines is 1. The average Bonchev–Trinajstić information content (AvgIpc) is 3.31. The van der Waals surface area contributed by atoms with Crippen LogP contribution in [0.15, 0.2) is 53.3 Å². The maximum Gasteiger partial charge on any atom is 0.277 e. The van der Waals surface area contributed by atoms with E-state index in [-0.39, 0.29) is 11.5 Å². The van der Waals surface area contributed by atoms with E-state index >= 15 is 0 Å². The lowest BCUT2D eigenvalue weighted by atomic mass is 10.0. The summed E-state index contributed by atoms with van der Waals surface area (Å²) >= 11 is 1.18. The Hall–Kier alpha value is -3.65. The van der Waals surface area contributed by atoms with Gasteiger partial charge in [0.15, 0.2) is 0 Å². The van der Waals surface area contributed by atoms with Crippen molar-refractivity contribution < 1.29 is 9.53 Å². The number of hydrogen-bond acceptors (Lipinski definition) is 5. The summed E-state index contributed by atoms with van der Waals surface area (Å²) < 4.78 is 6.85. The number of amides is 1. The third-order valence-electron chi connectivity index (χ3n) is 5.30. The molecule has 0 unspecified atom stereocenters. The van der Waals surface area contributed by atoms with E-state index in [4.69, 9.17) is 4.74 Å². The summed E-state index contributed by atoms with van der Waals surface area (Å²) in [6.07, 6.45) is 0.532. The van der Waals surface area contributed by atoms with E-state index in [9.17, 15) is 9.59 Å². The number of nitrogens with one attached hydrogen (secondary N) is 2. The van der Waals surface area contributed by atoms with Crippen LogP contribution in [0.25, 0.3) is 5.13 Å². The molecule has 0 spiro atoms. The van der Waals surface area contributed by atoms with Crippen LogP contribution in [0.2, 0.25) is 0 Å². The fourth-order valence-electron chi connectivity index (χ4n) is 3.51. The molecule has 4 rings (SSSR count). The SMILES string of the molecule is CCOc1ccc(NC(=O)c2sc(-n3[nH]c(C)c(Cc4ccc(C)cc4)c3=O)nc2C)cc1. The number of hydrogen-bond donors (Lipinski definition) is 2. The summed E-state index contributed by atoms with van der Waals surface area (Å²) in [4.78, 5) is 30.9. The fourth-order valence-corrected chi connectivity index (χ4v) is 4.43. The zero-order chi connectivity index (χ0) is 23.5. The van der Waals surface area contributed by atoms with Crippen molar-refractivity contribution >= 4 is 22.9 Å². The van der Waals surface area contributed by atoms with Crippen LogP contribution in [-0.4, -0.2) is 27.3 Å². The molecule has 0 aliphatic heterocycles. The average molecular weight is 463 g/mol. The molecule has 0 bridgehead atoms. The van der Waals surface area contributed by atoms with Gasteiger partial charge in [-0.05, 0) is 57.5 Å². The molecule has 2 aromatic heterocycles. The van der Waals surface area contributed by atoms with Gasteiger partial charge >= 0.3 is 0 Å².